The van der Waals surface area contributed by atoms with Crippen LogP contribution in [-0.2, 0) is 14.3 Å². The van der Waals surface area contributed by atoms with Gasteiger partial charge in [0.05, 0.1) is 25.9 Å². The predicted octanol–water partition coefficient (Wildman–Crippen LogP) is -2.64. The average molecular weight is 232 g/mol. The van der Waals surface area contributed by atoms with Crippen LogP contribution in [0.5, 0.6) is 0 Å². The number of methoxy groups -OCH3 is 1. The van der Waals surface area contributed by atoms with Crippen molar-refractivity contribution in [3.8, 4) is 0 Å². The third kappa shape index (κ3) is 3.16. The van der Waals surface area contributed by atoms with Crippen molar-refractivity contribution in [2.75, 3.05) is 20.3 Å². The number of nitrogens with one attached hydrogen (secondary N) is 2. The van der Waals surface area contributed by atoms with Crippen LogP contribution < -0.4 is 10.6 Å². The van der Waals surface area contributed by atoms with Gasteiger partial charge in [-0.15, -0.1) is 0 Å². The molecule has 3 unspecified atom stereocenters. The summed E-state index contributed by atoms with van der Waals surface area (Å²) in [5.74, 6) is -1.13. The predicted molar refractivity (Wildman–Crippen MR) is 53.4 cm³/mol. The number of carbonyl (C=O) groups excluding carboxylic acids is 2. The molecule has 0 spiro atoms. The summed E-state index contributed by atoms with van der Waals surface area (Å²) < 4.78 is 4.40. The van der Waals surface area contributed by atoms with E-state index in [-0.39, 0.29) is 0 Å². The molecule has 1 rings (SSSR count). The lowest BCUT2D eigenvalue weighted by Crippen LogP contribution is -2.50. The number of β-amino-alcohol motifs (C(OH)–C–C–N with tert-alkyl or cyclic N) is 1. The van der Waals surface area contributed by atoms with Gasteiger partial charge in [0.2, 0.25) is 5.91 Å². The van der Waals surface area contributed by atoms with Crippen LogP contribution in [0.4, 0.5) is 0 Å². The summed E-state index contributed by atoms with van der Waals surface area (Å²) in [6.07, 6.45) is -0.257. The van der Waals surface area contributed by atoms with Crippen LogP contribution in [0.3, 0.4) is 0 Å². The maximum absolute atomic E-state index is 11.6. The third-order valence-corrected chi connectivity index (χ3v) is 2.41. The monoisotopic (exact) mass is 232 g/mol. The molecule has 0 radical (unpaired) electrons. The third-order valence-electron chi connectivity index (χ3n) is 2.41. The standard InChI is InChI=1S/C9H16N2O5/c1-16-9(15)7(4-12)11-8(14)6-2-5(13)3-10-6/h5-7,10,12-13H,2-4H2,1H3,(H,11,14). The quantitative estimate of drug-likeness (QED) is 0.395. The molecule has 16 heavy (non-hydrogen) atoms. The lowest BCUT2D eigenvalue weighted by molar-refractivity contribution is -0.146. The molecule has 7 nitrogen and oxygen atoms in total. The summed E-state index contributed by atoms with van der Waals surface area (Å²) in [6, 6.07) is -1.59. The van der Waals surface area contributed by atoms with Crippen molar-refractivity contribution in [1.29, 1.82) is 0 Å². The Hall–Kier alpha value is -1.18. The van der Waals surface area contributed by atoms with E-state index in [0.29, 0.717) is 13.0 Å². The molecule has 1 saturated heterocycles. The molecule has 7 heteroatoms. The van der Waals surface area contributed by atoms with Crippen LogP contribution in [-0.4, -0.2) is 60.5 Å². The molecular formula is C9H16N2O5. The normalized spacial score (nSPS) is 26.2. The second-order valence-electron chi connectivity index (χ2n) is 3.62. The fourth-order valence-corrected chi connectivity index (χ4v) is 1.51. The van der Waals surface area contributed by atoms with Gasteiger partial charge in [0, 0.05) is 6.54 Å². The first-order chi connectivity index (χ1) is 7.58. The SMILES string of the molecule is COC(=O)C(CO)NC(=O)C1CC(O)CN1. The summed E-state index contributed by atoms with van der Waals surface area (Å²) in [5.41, 5.74) is 0. The van der Waals surface area contributed by atoms with Gasteiger partial charge in [0.25, 0.3) is 0 Å². The summed E-state index contributed by atoms with van der Waals surface area (Å²) in [5, 5.41) is 23.2. The molecular weight excluding hydrogens is 216 g/mol. The molecule has 0 saturated carbocycles. The van der Waals surface area contributed by atoms with Gasteiger partial charge in [-0.2, -0.15) is 0 Å². The zero-order chi connectivity index (χ0) is 12.1. The molecule has 0 aromatic carbocycles. The van der Waals surface area contributed by atoms with Crippen LogP contribution in [0.15, 0.2) is 0 Å². The first-order valence-electron chi connectivity index (χ1n) is 4.99. The van der Waals surface area contributed by atoms with Gasteiger partial charge < -0.3 is 25.6 Å². The zero-order valence-corrected chi connectivity index (χ0v) is 8.97. The average Bonchev–Trinajstić information content (AvgIpc) is 2.71. The summed E-state index contributed by atoms with van der Waals surface area (Å²) in [7, 11) is 1.18. The molecule has 0 aromatic heterocycles. The first-order valence-corrected chi connectivity index (χ1v) is 4.99. The van der Waals surface area contributed by atoms with E-state index in [2.05, 4.69) is 15.4 Å². The van der Waals surface area contributed by atoms with Gasteiger partial charge in [0.15, 0.2) is 6.04 Å². The fraction of sp³-hybridized carbons (Fsp3) is 0.778. The maximum Gasteiger partial charge on any atom is 0.330 e. The van der Waals surface area contributed by atoms with Gasteiger partial charge >= 0.3 is 5.97 Å². The second-order valence-corrected chi connectivity index (χ2v) is 3.62. The van der Waals surface area contributed by atoms with Crippen molar-refractivity contribution in [2.24, 2.45) is 0 Å². The number of carbonyl (C=O) groups is 2. The molecule has 1 aliphatic heterocycles. The van der Waals surface area contributed by atoms with E-state index in [1.807, 2.05) is 0 Å². The van der Waals surface area contributed by atoms with E-state index < -0.39 is 36.7 Å². The molecule has 1 heterocycles. The van der Waals surface area contributed by atoms with Crippen molar-refractivity contribution in [2.45, 2.75) is 24.6 Å². The molecule has 92 valence electrons. The summed E-state index contributed by atoms with van der Waals surface area (Å²) in [6.45, 7) is -0.173. The molecule has 4 N–H and O–H groups in total. The molecule has 0 bridgehead atoms. The number of aliphatic hydroxyl groups is 2. The van der Waals surface area contributed by atoms with Gasteiger partial charge in [0.1, 0.15) is 0 Å². The van der Waals surface area contributed by atoms with E-state index in [9.17, 15) is 14.7 Å². The highest BCUT2D eigenvalue weighted by molar-refractivity contribution is 5.87. The number of hydrogen-bond donors (Lipinski definition) is 4. The van der Waals surface area contributed by atoms with Crippen LogP contribution >= 0.6 is 0 Å². The van der Waals surface area contributed by atoms with E-state index in [4.69, 9.17) is 5.11 Å². The highest BCUT2D eigenvalue weighted by atomic mass is 16.5. The Balaban J connectivity index is 2.46. The van der Waals surface area contributed by atoms with Crippen molar-refractivity contribution < 1.29 is 24.5 Å². The van der Waals surface area contributed by atoms with Crippen LogP contribution in [0.25, 0.3) is 0 Å². The Kier molecular flexibility index (Phi) is 4.66. The number of rotatable bonds is 4. The maximum atomic E-state index is 11.6. The first kappa shape index (κ1) is 12.9. The smallest absolute Gasteiger partial charge is 0.330 e. The Morgan fingerprint density at radius 3 is 2.75 bits per heavy atom. The Labute approximate surface area is 92.8 Å². The van der Waals surface area contributed by atoms with E-state index >= 15 is 0 Å². The van der Waals surface area contributed by atoms with Crippen LogP contribution in [0, 0.1) is 0 Å². The number of ether oxygens (including phenoxy) is 1. The molecule has 1 fully saturated rings. The summed E-state index contributed by atoms with van der Waals surface area (Å²) >= 11 is 0. The van der Waals surface area contributed by atoms with Crippen molar-refractivity contribution in [1.82, 2.24) is 10.6 Å². The van der Waals surface area contributed by atoms with Crippen LogP contribution in [0.1, 0.15) is 6.42 Å². The number of aliphatic hydroxyl groups excluding tert-OH is 2. The minimum Gasteiger partial charge on any atom is -0.467 e. The topological polar surface area (TPSA) is 108 Å². The summed E-state index contributed by atoms with van der Waals surface area (Å²) in [4.78, 5) is 22.7. The van der Waals surface area contributed by atoms with Crippen LogP contribution in [0.2, 0.25) is 0 Å². The van der Waals surface area contributed by atoms with Gasteiger partial charge in [-0.05, 0) is 6.42 Å². The molecule has 0 aromatic rings. The number of esters is 1. The van der Waals surface area contributed by atoms with Crippen molar-refractivity contribution in [3.63, 3.8) is 0 Å². The van der Waals surface area contributed by atoms with Crippen molar-refractivity contribution >= 4 is 11.9 Å². The fourth-order valence-electron chi connectivity index (χ4n) is 1.51. The largest absolute Gasteiger partial charge is 0.467 e. The number of amides is 1. The minimum absolute atomic E-state index is 0.297. The lowest BCUT2D eigenvalue weighted by Gasteiger charge is -2.16. The number of hydrogen-bond acceptors (Lipinski definition) is 6. The second kappa shape index (κ2) is 5.78. The molecule has 1 amide bonds. The minimum atomic E-state index is -1.06. The Bertz CT molecular complexity index is 271. The van der Waals surface area contributed by atoms with Gasteiger partial charge in [-0.25, -0.2) is 4.79 Å². The Morgan fingerprint density at radius 2 is 2.31 bits per heavy atom. The van der Waals surface area contributed by atoms with Gasteiger partial charge in [-0.3, -0.25) is 4.79 Å². The van der Waals surface area contributed by atoms with E-state index in [0.717, 1.165) is 0 Å². The molecule has 3 atom stereocenters. The van der Waals surface area contributed by atoms with E-state index in [1.165, 1.54) is 7.11 Å². The Morgan fingerprint density at radius 1 is 1.62 bits per heavy atom. The van der Waals surface area contributed by atoms with Crippen molar-refractivity contribution in [3.05, 3.63) is 0 Å². The zero-order valence-electron chi connectivity index (χ0n) is 8.97. The lowest BCUT2D eigenvalue weighted by atomic mass is 10.2. The molecule has 0 aliphatic carbocycles. The molecule has 1 aliphatic rings. The highest BCUT2D eigenvalue weighted by Crippen LogP contribution is 2.06. The van der Waals surface area contributed by atoms with Gasteiger partial charge in [-0.1, -0.05) is 0 Å². The highest BCUT2D eigenvalue weighted by Gasteiger charge is 2.30. The van der Waals surface area contributed by atoms with E-state index in [1.54, 1.807) is 0 Å².